The van der Waals surface area contributed by atoms with Crippen molar-refractivity contribution in [2.45, 2.75) is 52.2 Å². The number of halogens is 3. The van der Waals surface area contributed by atoms with Gasteiger partial charge in [-0.1, -0.05) is 40.8 Å². The normalized spacial score (nSPS) is 13.3. The van der Waals surface area contributed by atoms with Crippen LogP contribution in [0.25, 0.3) is 0 Å². The van der Waals surface area contributed by atoms with E-state index < -0.39 is 14.1 Å². The summed E-state index contributed by atoms with van der Waals surface area (Å²) in [7, 11) is -1.77. The van der Waals surface area contributed by atoms with E-state index in [4.69, 9.17) is 33.2 Å². The maximum absolute atomic E-state index is 6.21. The number of allylic oxidation sites excluding steroid dienone is 1. The van der Waals surface area contributed by atoms with Crippen molar-refractivity contribution >= 4 is 47.3 Å². The Labute approximate surface area is 116 Å². The lowest BCUT2D eigenvalue weighted by Crippen LogP contribution is -2.45. The van der Waals surface area contributed by atoms with Crippen LogP contribution in [0.2, 0.25) is 18.1 Å². The highest BCUT2D eigenvalue weighted by Crippen LogP contribution is 2.46. The van der Waals surface area contributed by atoms with Crippen molar-refractivity contribution in [1.82, 2.24) is 0 Å². The van der Waals surface area contributed by atoms with Crippen molar-refractivity contribution in [1.29, 1.82) is 0 Å². The van der Waals surface area contributed by atoms with Gasteiger partial charge in [0.1, 0.15) is 0 Å². The molecule has 0 aromatic carbocycles. The van der Waals surface area contributed by atoms with Gasteiger partial charge in [-0.25, -0.2) is 0 Å². The van der Waals surface area contributed by atoms with E-state index in [0.717, 1.165) is 11.2 Å². The minimum absolute atomic E-state index is 0.174. The molecule has 0 aliphatic carbocycles. The van der Waals surface area contributed by atoms with Crippen molar-refractivity contribution < 1.29 is 0 Å². The zero-order valence-corrected chi connectivity index (χ0v) is 15.2. The molecule has 0 radical (unpaired) electrons. The second-order valence-electron chi connectivity index (χ2n) is 5.50. The van der Waals surface area contributed by atoms with E-state index in [9.17, 15) is 0 Å². The van der Waals surface area contributed by atoms with Crippen molar-refractivity contribution in [3.8, 4) is 0 Å². The van der Waals surface area contributed by atoms with Gasteiger partial charge in [-0.15, -0.1) is 39.0 Å². The Morgan fingerprint density at radius 1 is 1.19 bits per heavy atom. The molecule has 0 unspecified atom stereocenters. The molecule has 0 heterocycles. The topological polar surface area (TPSA) is 0 Å². The molecule has 0 N–H and O–H groups in total. The standard InChI is InChI=1S/C11H21Cl3Si2/c1-7-8-9-10(16(12,13)14)15(5,6)11(2,3)4/h8H,7H2,1-6H3. The van der Waals surface area contributed by atoms with Crippen LogP contribution in [0.15, 0.2) is 16.6 Å². The van der Waals surface area contributed by atoms with E-state index in [1.807, 2.05) is 6.08 Å². The minimum Gasteiger partial charge on any atom is -0.131 e. The summed E-state index contributed by atoms with van der Waals surface area (Å²) >= 11 is 18.6. The van der Waals surface area contributed by atoms with Gasteiger partial charge in [-0.05, 0) is 22.4 Å². The lowest BCUT2D eigenvalue weighted by Gasteiger charge is -2.39. The Morgan fingerprint density at radius 2 is 1.62 bits per heavy atom. The summed E-state index contributed by atoms with van der Waals surface area (Å²) < 4.78 is 0. The third-order valence-electron chi connectivity index (χ3n) is 3.23. The molecule has 0 aliphatic rings. The van der Waals surface area contributed by atoms with Crippen LogP contribution >= 0.6 is 33.2 Å². The van der Waals surface area contributed by atoms with Crippen LogP contribution in [0, 0.1) is 0 Å². The Kier molecular flexibility index (Phi) is 5.93. The molecule has 16 heavy (non-hydrogen) atoms. The third kappa shape index (κ3) is 4.25. The second-order valence-corrected chi connectivity index (χ2v) is 19.6. The molecular formula is C11H21Cl3Si2. The van der Waals surface area contributed by atoms with E-state index in [1.165, 1.54) is 0 Å². The van der Waals surface area contributed by atoms with Crippen molar-refractivity contribution in [2.24, 2.45) is 0 Å². The molecule has 0 bridgehead atoms. The monoisotopic (exact) mass is 314 g/mol. The summed E-state index contributed by atoms with van der Waals surface area (Å²) in [5, 5.41) is 0.174. The van der Waals surface area contributed by atoms with Gasteiger partial charge in [0.05, 0.1) is 8.07 Å². The molecule has 0 nitrogen and oxygen atoms in total. The maximum atomic E-state index is 6.21. The van der Waals surface area contributed by atoms with Crippen LogP contribution < -0.4 is 0 Å². The molecule has 0 aromatic rings. The summed E-state index contributed by atoms with van der Waals surface area (Å²) in [6.07, 6.45) is 2.90. The van der Waals surface area contributed by atoms with Gasteiger partial charge < -0.3 is 0 Å². The fourth-order valence-corrected chi connectivity index (χ4v) is 13.5. The smallest absolute Gasteiger partial charge is 0.131 e. The first-order valence-electron chi connectivity index (χ1n) is 5.47. The first-order chi connectivity index (χ1) is 6.94. The highest BCUT2D eigenvalue weighted by atomic mass is 35.8. The highest BCUT2D eigenvalue weighted by Gasteiger charge is 2.48. The third-order valence-corrected chi connectivity index (χ3v) is 15.2. The first-order valence-corrected chi connectivity index (χ1v) is 13.5. The van der Waals surface area contributed by atoms with Gasteiger partial charge in [-0.3, -0.25) is 0 Å². The molecule has 0 aromatic heterocycles. The van der Waals surface area contributed by atoms with E-state index in [1.54, 1.807) is 0 Å². The molecule has 0 saturated carbocycles. The summed E-state index contributed by atoms with van der Waals surface area (Å²) in [6.45, 7) is 13.2. The van der Waals surface area contributed by atoms with Crippen molar-refractivity contribution in [2.75, 3.05) is 0 Å². The average Bonchev–Trinajstić information content (AvgIpc) is 1.99. The quantitative estimate of drug-likeness (QED) is 0.355. The van der Waals surface area contributed by atoms with Gasteiger partial charge in [0.2, 0.25) is 0 Å². The van der Waals surface area contributed by atoms with Crippen molar-refractivity contribution in [3.05, 3.63) is 16.6 Å². The van der Waals surface area contributed by atoms with Crippen LogP contribution in [0.3, 0.4) is 0 Å². The maximum Gasteiger partial charge on any atom is 0.372 e. The number of hydrogen-bond acceptors (Lipinski definition) is 0. The van der Waals surface area contributed by atoms with Gasteiger partial charge in [0.15, 0.2) is 0 Å². The van der Waals surface area contributed by atoms with Crippen LogP contribution in [0.1, 0.15) is 34.1 Å². The Hall–Kier alpha value is 0.824. The van der Waals surface area contributed by atoms with Crippen LogP contribution in [-0.4, -0.2) is 14.1 Å². The zero-order valence-electron chi connectivity index (χ0n) is 10.9. The van der Waals surface area contributed by atoms with Crippen LogP contribution in [0.5, 0.6) is 0 Å². The molecule has 94 valence electrons. The Morgan fingerprint density at radius 3 is 1.88 bits per heavy atom. The van der Waals surface area contributed by atoms with Gasteiger partial charge in [0.25, 0.3) is 0 Å². The van der Waals surface area contributed by atoms with E-state index >= 15 is 0 Å². The van der Waals surface area contributed by atoms with Gasteiger partial charge in [0, 0.05) is 0 Å². The predicted molar refractivity (Wildman–Crippen MR) is 82.4 cm³/mol. The first kappa shape index (κ1) is 16.8. The van der Waals surface area contributed by atoms with Gasteiger partial charge >= 0.3 is 6.00 Å². The summed E-state index contributed by atoms with van der Waals surface area (Å²) in [5.74, 6) is 0. The molecule has 0 saturated heterocycles. The largest absolute Gasteiger partial charge is 0.372 e. The lowest BCUT2D eigenvalue weighted by molar-refractivity contribution is 0.727. The Balaban J connectivity index is 5.66. The van der Waals surface area contributed by atoms with E-state index in [2.05, 4.69) is 46.5 Å². The summed E-state index contributed by atoms with van der Waals surface area (Å²) in [5.41, 5.74) is 3.28. The molecule has 0 rings (SSSR count). The van der Waals surface area contributed by atoms with Crippen LogP contribution in [-0.2, 0) is 0 Å². The second kappa shape index (κ2) is 5.64. The van der Waals surface area contributed by atoms with E-state index in [-0.39, 0.29) is 5.04 Å². The zero-order chi connectivity index (χ0) is 13.2. The van der Waals surface area contributed by atoms with Crippen LogP contribution in [0.4, 0.5) is 0 Å². The highest BCUT2D eigenvalue weighted by molar-refractivity contribution is 7.69. The van der Waals surface area contributed by atoms with E-state index in [0.29, 0.717) is 0 Å². The fraction of sp³-hybridized carbons (Fsp3) is 0.727. The molecule has 0 aliphatic heterocycles. The number of rotatable bonds is 3. The van der Waals surface area contributed by atoms with Gasteiger partial charge in [-0.2, -0.15) is 0 Å². The molecule has 0 spiro atoms. The molecule has 0 fully saturated rings. The molecular weight excluding hydrogens is 295 g/mol. The minimum atomic E-state index is -2.82. The molecule has 5 heteroatoms. The van der Waals surface area contributed by atoms with Crippen molar-refractivity contribution in [3.63, 3.8) is 0 Å². The SMILES string of the molecule is CCC=C=C([Si](Cl)(Cl)Cl)[Si](C)(C)C(C)(C)C. The predicted octanol–water partition coefficient (Wildman–Crippen LogP) is 5.72. The molecule has 0 atom stereocenters. The Bertz CT molecular complexity index is 302. The summed E-state index contributed by atoms with van der Waals surface area (Å²) in [6, 6.07) is -2.82. The lowest BCUT2D eigenvalue weighted by atomic mass is 10.2. The summed E-state index contributed by atoms with van der Waals surface area (Å²) in [4.78, 5) is 0.999. The average molecular weight is 316 g/mol. The fourth-order valence-electron chi connectivity index (χ4n) is 1.20. The number of hydrogen-bond donors (Lipinski definition) is 0. The molecule has 0 amide bonds.